The predicted molar refractivity (Wildman–Crippen MR) is 86.1 cm³/mol. The molecule has 0 radical (unpaired) electrons. The first-order valence-corrected chi connectivity index (χ1v) is 6.98. The van der Waals surface area contributed by atoms with Crippen molar-refractivity contribution in [3.8, 4) is 6.07 Å². The first kappa shape index (κ1) is 14.9. The Hall–Kier alpha value is -1.46. The van der Waals surface area contributed by atoms with Crippen molar-refractivity contribution < 1.29 is 0 Å². The number of aryl methyl sites for hydroxylation is 1. The van der Waals surface area contributed by atoms with Gasteiger partial charge < -0.3 is 0 Å². The third-order valence-electron chi connectivity index (χ3n) is 2.76. The van der Waals surface area contributed by atoms with Crippen molar-refractivity contribution in [2.45, 2.75) is 6.92 Å². The van der Waals surface area contributed by atoms with Gasteiger partial charge in [-0.25, -0.2) is 0 Å². The highest BCUT2D eigenvalue weighted by Gasteiger charge is 2.12. The SMILES string of the molecule is Cc1cc(Cl)c(/C(C#N)=C/c2ccc(Cl)cc2)c(Cl)c1. The zero-order valence-corrected chi connectivity index (χ0v) is 12.9. The standard InChI is InChI=1S/C16H10Cl3N/c1-10-6-14(18)16(15(19)7-10)12(9-20)8-11-2-4-13(17)5-3-11/h2-8H,1H3/b12-8+. The van der Waals surface area contributed by atoms with Gasteiger partial charge >= 0.3 is 0 Å². The van der Waals surface area contributed by atoms with Gasteiger partial charge in [-0.15, -0.1) is 0 Å². The Labute approximate surface area is 133 Å². The average Bonchev–Trinajstić information content (AvgIpc) is 2.38. The van der Waals surface area contributed by atoms with Gasteiger partial charge in [0.25, 0.3) is 0 Å². The van der Waals surface area contributed by atoms with Crippen LogP contribution < -0.4 is 0 Å². The molecule has 2 rings (SSSR count). The Bertz CT molecular complexity index is 686. The minimum absolute atomic E-state index is 0.419. The number of rotatable bonds is 2. The lowest BCUT2D eigenvalue weighted by molar-refractivity contribution is 1.45. The first-order valence-electron chi connectivity index (χ1n) is 5.84. The molecule has 0 aliphatic rings. The molecule has 0 aliphatic heterocycles. The van der Waals surface area contributed by atoms with Crippen LogP contribution in [0.3, 0.4) is 0 Å². The monoisotopic (exact) mass is 321 g/mol. The molecule has 100 valence electrons. The predicted octanol–water partition coefficient (Wildman–Crippen LogP) is 6.02. The second-order valence-electron chi connectivity index (χ2n) is 4.32. The van der Waals surface area contributed by atoms with Crippen LogP contribution in [-0.2, 0) is 0 Å². The van der Waals surface area contributed by atoms with Gasteiger partial charge in [-0.2, -0.15) is 5.26 Å². The van der Waals surface area contributed by atoms with E-state index in [-0.39, 0.29) is 0 Å². The summed E-state index contributed by atoms with van der Waals surface area (Å²) in [6.45, 7) is 1.90. The van der Waals surface area contributed by atoms with E-state index in [1.807, 2.05) is 19.1 Å². The number of allylic oxidation sites excluding steroid dienone is 1. The van der Waals surface area contributed by atoms with E-state index in [1.165, 1.54) is 0 Å². The molecule has 0 unspecified atom stereocenters. The average molecular weight is 323 g/mol. The highest BCUT2D eigenvalue weighted by molar-refractivity contribution is 6.38. The molecule has 0 atom stereocenters. The Morgan fingerprint density at radius 1 is 1.05 bits per heavy atom. The molecule has 4 heteroatoms. The van der Waals surface area contributed by atoms with Crippen LogP contribution in [0.25, 0.3) is 11.6 Å². The molecule has 2 aromatic rings. The van der Waals surface area contributed by atoms with E-state index in [0.29, 0.717) is 26.2 Å². The maximum atomic E-state index is 9.35. The molecule has 0 aromatic heterocycles. The lowest BCUT2D eigenvalue weighted by atomic mass is 10.0. The lowest BCUT2D eigenvalue weighted by Crippen LogP contribution is -1.88. The number of hydrogen-bond acceptors (Lipinski definition) is 1. The van der Waals surface area contributed by atoms with Crippen molar-refractivity contribution in [2.24, 2.45) is 0 Å². The fraction of sp³-hybridized carbons (Fsp3) is 0.0625. The maximum Gasteiger partial charge on any atom is 0.0999 e. The Morgan fingerprint density at radius 2 is 1.60 bits per heavy atom. The fourth-order valence-corrected chi connectivity index (χ4v) is 2.77. The van der Waals surface area contributed by atoms with Crippen molar-refractivity contribution >= 4 is 46.5 Å². The molecule has 0 saturated carbocycles. The van der Waals surface area contributed by atoms with Crippen LogP contribution in [0.15, 0.2) is 36.4 Å². The highest BCUT2D eigenvalue weighted by Crippen LogP contribution is 2.33. The van der Waals surface area contributed by atoms with Crippen molar-refractivity contribution in [2.75, 3.05) is 0 Å². The minimum atomic E-state index is 0.419. The Morgan fingerprint density at radius 3 is 2.10 bits per heavy atom. The number of nitriles is 1. The smallest absolute Gasteiger partial charge is 0.0999 e. The molecule has 0 heterocycles. The zero-order valence-electron chi connectivity index (χ0n) is 10.6. The molecular formula is C16H10Cl3N. The van der Waals surface area contributed by atoms with Crippen molar-refractivity contribution in [1.29, 1.82) is 5.26 Å². The fourth-order valence-electron chi connectivity index (χ4n) is 1.84. The van der Waals surface area contributed by atoms with Crippen molar-refractivity contribution in [1.82, 2.24) is 0 Å². The number of hydrogen-bond donors (Lipinski definition) is 0. The molecule has 0 amide bonds. The van der Waals surface area contributed by atoms with Gasteiger partial charge in [0.05, 0.1) is 21.7 Å². The molecule has 1 nitrogen and oxygen atoms in total. The van der Waals surface area contributed by atoms with Gasteiger partial charge in [-0.3, -0.25) is 0 Å². The molecule has 0 spiro atoms. The van der Waals surface area contributed by atoms with Gasteiger partial charge in [-0.1, -0.05) is 46.9 Å². The van der Waals surface area contributed by atoms with Crippen molar-refractivity contribution in [3.05, 3.63) is 68.2 Å². The van der Waals surface area contributed by atoms with Crippen LogP contribution in [0.4, 0.5) is 0 Å². The maximum absolute atomic E-state index is 9.35. The molecule has 0 aliphatic carbocycles. The van der Waals surface area contributed by atoms with Gasteiger partial charge in [0.2, 0.25) is 0 Å². The molecular weight excluding hydrogens is 313 g/mol. The number of benzene rings is 2. The molecule has 2 aromatic carbocycles. The van der Waals surface area contributed by atoms with Crippen LogP contribution in [-0.4, -0.2) is 0 Å². The van der Waals surface area contributed by atoms with E-state index in [2.05, 4.69) is 6.07 Å². The summed E-state index contributed by atoms with van der Waals surface area (Å²) in [6, 6.07) is 12.9. The van der Waals surface area contributed by atoms with Gasteiger partial charge in [0.15, 0.2) is 0 Å². The summed E-state index contributed by atoms with van der Waals surface area (Å²) in [5.74, 6) is 0. The quantitative estimate of drug-likeness (QED) is 0.490. The second kappa shape index (κ2) is 6.33. The largest absolute Gasteiger partial charge is 0.192 e. The molecule has 0 bridgehead atoms. The third kappa shape index (κ3) is 3.35. The summed E-state index contributed by atoms with van der Waals surface area (Å²) in [4.78, 5) is 0. The number of halogens is 3. The topological polar surface area (TPSA) is 23.8 Å². The van der Waals surface area contributed by atoms with E-state index in [1.54, 1.807) is 30.3 Å². The van der Waals surface area contributed by atoms with E-state index in [9.17, 15) is 5.26 Å². The van der Waals surface area contributed by atoms with Gasteiger partial charge in [-0.05, 0) is 48.4 Å². The summed E-state index contributed by atoms with van der Waals surface area (Å²) >= 11 is 18.2. The third-order valence-corrected chi connectivity index (χ3v) is 3.61. The zero-order chi connectivity index (χ0) is 14.7. The second-order valence-corrected chi connectivity index (χ2v) is 5.58. The normalized spacial score (nSPS) is 11.2. The van der Waals surface area contributed by atoms with Gasteiger partial charge in [0, 0.05) is 10.6 Å². The van der Waals surface area contributed by atoms with E-state index < -0.39 is 0 Å². The lowest BCUT2D eigenvalue weighted by Gasteiger charge is -2.07. The van der Waals surface area contributed by atoms with Crippen LogP contribution >= 0.6 is 34.8 Å². The first-order chi connectivity index (χ1) is 9.51. The summed E-state index contributed by atoms with van der Waals surface area (Å²) in [7, 11) is 0. The summed E-state index contributed by atoms with van der Waals surface area (Å²) in [5, 5.41) is 10.9. The van der Waals surface area contributed by atoms with Crippen molar-refractivity contribution in [3.63, 3.8) is 0 Å². The summed E-state index contributed by atoms with van der Waals surface area (Å²) in [5.41, 5.74) is 2.78. The van der Waals surface area contributed by atoms with E-state index in [4.69, 9.17) is 34.8 Å². The Balaban J connectivity index is 2.54. The molecule has 20 heavy (non-hydrogen) atoms. The minimum Gasteiger partial charge on any atom is -0.192 e. The summed E-state index contributed by atoms with van der Waals surface area (Å²) in [6.07, 6.45) is 1.73. The van der Waals surface area contributed by atoms with Crippen LogP contribution in [0.2, 0.25) is 15.1 Å². The highest BCUT2D eigenvalue weighted by atomic mass is 35.5. The Kier molecular flexibility index (Phi) is 4.73. The number of nitrogens with zero attached hydrogens (tertiary/aromatic N) is 1. The molecule has 0 N–H and O–H groups in total. The van der Waals surface area contributed by atoms with E-state index in [0.717, 1.165) is 11.1 Å². The van der Waals surface area contributed by atoms with Gasteiger partial charge in [0.1, 0.15) is 0 Å². The molecule has 0 saturated heterocycles. The van der Waals surface area contributed by atoms with Crippen LogP contribution in [0, 0.1) is 18.3 Å². The van der Waals surface area contributed by atoms with Crippen LogP contribution in [0.1, 0.15) is 16.7 Å². The van der Waals surface area contributed by atoms with E-state index >= 15 is 0 Å². The summed E-state index contributed by atoms with van der Waals surface area (Å²) < 4.78 is 0. The molecule has 0 fully saturated rings. The van der Waals surface area contributed by atoms with Crippen LogP contribution in [0.5, 0.6) is 0 Å².